The predicted octanol–water partition coefficient (Wildman–Crippen LogP) is 17.9. The van der Waals surface area contributed by atoms with Crippen LogP contribution in [0.25, 0.3) is 0 Å². The molecule has 3 atom stereocenters. The van der Waals surface area contributed by atoms with Crippen LogP contribution < -0.4 is 5.32 Å². The van der Waals surface area contributed by atoms with Gasteiger partial charge in [-0.25, -0.2) is 0 Å². The summed E-state index contributed by atoms with van der Waals surface area (Å²) in [5, 5.41) is 23.9. The molecule has 0 saturated carbocycles. The molecule has 0 saturated heterocycles. The summed E-state index contributed by atoms with van der Waals surface area (Å²) in [7, 11) is 0. The fourth-order valence-corrected chi connectivity index (χ4v) is 8.43. The number of hydrogen-bond donors (Lipinski definition) is 3. The molecule has 0 fully saturated rings. The predicted molar refractivity (Wildman–Crippen MR) is 296 cm³/mol. The first-order chi connectivity index (χ1) is 33.5. The van der Waals surface area contributed by atoms with Crippen molar-refractivity contribution in [2.75, 3.05) is 6.61 Å². The highest BCUT2D eigenvalue weighted by atomic mass is 16.5. The van der Waals surface area contributed by atoms with Crippen molar-refractivity contribution in [1.82, 2.24) is 5.32 Å². The van der Waals surface area contributed by atoms with Gasteiger partial charge in [0.1, 0.15) is 6.10 Å². The monoisotopic (exact) mass is 948 g/mol. The average molecular weight is 949 g/mol. The molecule has 0 heterocycles. The van der Waals surface area contributed by atoms with E-state index >= 15 is 0 Å². The van der Waals surface area contributed by atoms with Crippen LogP contribution in [0.3, 0.4) is 0 Å². The zero-order valence-corrected chi connectivity index (χ0v) is 44.7. The van der Waals surface area contributed by atoms with Crippen LogP contribution >= 0.6 is 0 Å². The molecule has 392 valence electrons. The molecular formula is C62H109NO5. The minimum absolute atomic E-state index is 0.0282. The Hall–Kier alpha value is -2.96. The summed E-state index contributed by atoms with van der Waals surface area (Å²) in [6.45, 7) is 6.35. The van der Waals surface area contributed by atoms with Crippen molar-refractivity contribution in [3.8, 4) is 0 Å². The highest BCUT2D eigenvalue weighted by molar-refractivity contribution is 5.77. The highest BCUT2D eigenvalue weighted by Crippen LogP contribution is 2.17. The molecular weight excluding hydrogens is 839 g/mol. The number of unbranched alkanes of at least 4 members (excludes halogenated alkanes) is 27. The summed E-state index contributed by atoms with van der Waals surface area (Å²) < 4.78 is 5.92. The number of ether oxygens (including phenoxy) is 1. The van der Waals surface area contributed by atoms with Gasteiger partial charge < -0.3 is 20.3 Å². The maximum Gasteiger partial charge on any atom is 0.306 e. The van der Waals surface area contributed by atoms with E-state index in [9.17, 15) is 19.8 Å². The van der Waals surface area contributed by atoms with Crippen LogP contribution in [0.5, 0.6) is 0 Å². The van der Waals surface area contributed by atoms with Crippen molar-refractivity contribution in [3.05, 3.63) is 85.1 Å². The lowest BCUT2D eigenvalue weighted by Gasteiger charge is -2.24. The number of rotatable bonds is 51. The normalized spacial score (nSPS) is 13.8. The van der Waals surface area contributed by atoms with E-state index in [1.165, 1.54) is 122 Å². The first-order valence-corrected chi connectivity index (χ1v) is 28.8. The number of esters is 1. The number of carbonyl (C=O) groups excluding carboxylic acids is 2. The molecule has 0 aliphatic carbocycles. The number of hydrogen-bond acceptors (Lipinski definition) is 5. The second-order valence-corrected chi connectivity index (χ2v) is 19.4. The Morgan fingerprint density at radius 3 is 1.34 bits per heavy atom. The van der Waals surface area contributed by atoms with E-state index < -0.39 is 18.2 Å². The molecule has 6 heteroatoms. The molecule has 0 rings (SSSR count). The third-order valence-corrected chi connectivity index (χ3v) is 12.8. The van der Waals surface area contributed by atoms with Gasteiger partial charge in [-0.3, -0.25) is 9.59 Å². The molecule has 3 N–H and O–H groups in total. The Kier molecular flexibility index (Phi) is 52.6. The molecule has 3 unspecified atom stereocenters. The van der Waals surface area contributed by atoms with Gasteiger partial charge in [0.25, 0.3) is 0 Å². The number of amides is 1. The van der Waals surface area contributed by atoms with Crippen molar-refractivity contribution in [2.24, 2.45) is 0 Å². The minimum atomic E-state index is -0.811. The van der Waals surface area contributed by atoms with Crippen LogP contribution in [0.4, 0.5) is 0 Å². The van der Waals surface area contributed by atoms with Crippen molar-refractivity contribution >= 4 is 11.9 Å². The fourth-order valence-electron chi connectivity index (χ4n) is 8.43. The zero-order chi connectivity index (χ0) is 49.5. The van der Waals surface area contributed by atoms with Gasteiger partial charge in [0.2, 0.25) is 5.91 Å². The molecule has 0 aliphatic rings. The summed E-state index contributed by atoms with van der Waals surface area (Å²) in [6, 6.07) is -0.729. The minimum Gasteiger partial charge on any atom is -0.462 e. The van der Waals surface area contributed by atoms with E-state index in [1.54, 1.807) is 0 Å². The summed E-state index contributed by atoms with van der Waals surface area (Å²) in [4.78, 5) is 26.3. The molecule has 68 heavy (non-hydrogen) atoms. The van der Waals surface area contributed by atoms with Crippen LogP contribution in [0, 0.1) is 0 Å². The van der Waals surface area contributed by atoms with Crippen molar-refractivity contribution in [3.63, 3.8) is 0 Å². The topological polar surface area (TPSA) is 95.9 Å². The van der Waals surface area contributed by atoms with Crippen molar-refractivity contribution in [2.45, 2.75) is 289 Å². The van der Waals surface area contributed by atoms with Crippen molar-refractivity contribution < 1.29 is 24.5 Å². The number of allylic oxidation sites excluding steroid dienone is 14. The van der Waals surface area contributed by atoms with Crippen LogP contribution in [0.2, 0.25) is 0 Å². The largest absolute Gasteiger partial charge is 0.462 e. The van der Waals surface area contributed by atoms with Crippen molar-refractivity contribution in [1.29, 1.82) is 0 Å². The van der Waals surface area contributed by atoms with Gasteiger partial charge in [0.15, 0.2) is 0 Å². The smallest absolute Gasteiger partial charge is 0.306 e. The molecule has 0 bridgehead atoms. The van der Waals surface area contributed by atoms with Gasteiger partial charge >= 0.3 is 5.97 Å². The Bertz CT molecular complexity index is 1290. The van der Waals surface area contributed by atoms with Crippen LogP contribution in [0.15, 0.2) is 85.1 Å². The number of carbonyl (C=O) groups is 2. The molecule has 0 aromatic carbocycles. The maximum atomic E-state index is 13.3. The quantitative estimate of drug-likeness (QED) is 0.0244. The SMILES string of the molecule is CC/C=C/C/C=C/C/C=C/C/C=C/CCCC(CC(=O)NC(CO)C(O)CCCCCCCCCCCCCCCCCCC)OC(=O)CCCCCCC/C=C/C=C/C=C/CCCCCCC. The Morgan fingerprint density at radius 2 is 0.868 bits per heavy atom. The van der Waals surface area contributed by atoms with E-state index in [2.05, 4.69) is 111 Å². The number of aliphatic hydroxyl groups excluding tert-OH is 2. The lowest BCUT2D eigenvalue weighted by atomic mass is 10.0. The summed E-state index contributed by atoms with van der Waals surface area (Å²) in [6.07, 6.45) is 72.2. The number of aliphatic hydroxyl groups is 2. The Morgan fingerprint density at radius 1 is 0.456 bits per heavy atom. The molecule has 6 nitrogen and oxygen atoms in total. The lowest BCUT2D eigenvalue weighted by molar-refractivity contribution is -0.151. The van der Waals surface area contributed by atoms with E-state index in [1.807, 2.05) is 0 Å². The molecule has 0 aliphatic heterocycles. The number of nitrogens with one attached hydrogen (secondary N) is 1. The maximum absolute atomic E-state index is 13.3. The highest BCUT2D eigenvalue weighted by Gasteiger charge is 2.24. The van der Waals surface area contributed by atoms with Gasteiger partial charge in [0.05, 0.1) is 25.2 Å². The van der Waals surface area contributed by atoms with Gasteiger partial charge in [-0.1, -0.05) is 260 Å². The fraction of sp³-hybridized carbons (Fsp3) is 0.742. The Labute approximate surface area is 421 Å². The van der Waals surface area contributed by atoms with E-state index in [0.29, 0.717) is 19.3 Å². The second-order valence-electron chi connectivity index (χ2n) is 19.4. The second kappa shape index (κ2) is 55.0. The van der Waals surface area contributed by atoms with Crippen LogP contribution in [-0.4, -0.2) is 46.9 Å². The van der Waals surface area contributed by atoms with E-state index in [4.69, 9.17) is 4.74 Å². The van der Waals surface area contributed by atoms with Crippen LogP contribution in [-0.2, 0) is 14.3 Å². The summed E-state index contributed by atoms with van der Waals surface area (Å²) in [5.41, 5.74) is 0. The molecule has 0 aromatic rings. The third-order valence-electron chi connectivity index (χ3n) is 12.8. The first kappa shape index (κ1) is 65.0. The lowest BCUT2D eigenvalue weighted by Crippen LogP contribution is -2.46. The Balaban J connectivity index is 4.63. The molecule has 1 amide bonds. The first-order valence-electron chi connectivity index (χ1n) is 28.8. The van der Waals surface area contributed by atoms with Gasteiger partial charge in [-0.2, -0.15) is 0 Å². The zero-order valence-electron chi connectivity index (χ0n) is 44.7. The van der Waals surface area contributed by atoms with E-state index in [0.717, 1.165) is 103 Å². The van der Waals surface area contributed by atoms with Gasteiger partial charge in [-0.15, -0.1) is 0 Å². The molecule has 0 aromatic heterocycles. The summed E-state index contributed by atoms with van der Waals surface area (Å²) in [5.74, 6) is -0.551. The molecule has 0 radical (unpaired) electrons. The molecule has 0 spiro atoms. The standard InChI is InChI=1S/C62H109NO5/c1-4-7-10-13-16-19-22-25-28-30-32-34-37-40-43-46-49-52-55-62(67)68-58(53-50-47-44-41-38-35-27-24-21-18-15-12-9-6-3)56-61(66)63-59(57-64)60(65)54-51-48-45-42-39-36-33-31-29-26-23-20-17-14-11-8-5-2/h9,12,18,21-22,25,27-28,30,32,34-35,41,44,58-60,64-65H,4-8,10-11,13-17,19-20,23-24,26,29,31,33,36-40,42-43,45-57H2,1-3H3,(H,63,66)/b12-9+,21-18+,25-22+,30-28+,34-32+,35-27+,44-41+. The van der Waals surface area contributed by atoms with Gasteiger partial charge in [-0.05, 0) is 83.5 Å². The summed E-state index contributed by atoms with van der Waals surface area (Å²) >= 11 is 0. The van der Waals surface area contributed by atoms with Crippen LogP contribution in [0.1, 0.15) is 271 Å². The average Bonchev–Trinajstić information content (AvgIpc) is 3.33. The van der Waals surface area contributed by atoms with E-state index in [-0.39, 0.29) is 24.9 Å². The third kappa shape index (κ3) is 49.5. The van der Waals surface area contributed by atoms with Gasteiger partial charge in [0, 0.05) is 6.42 Å².